The lowest BCUT2D eigenvalue weighted by atomic mass is 10.2. The third kappa shape index (κ3) is 3.52. The predicted octanol–water partition coefficient (Wildman–Crippen LogP) is 3.78. The predicted molar refractivity (Wildman–Crippen MR) is 75.3 cm³/mol. The molecule has 0 saturated carbocycles. The van der Waals surface area contributed by atoms with Crippen molar-refractivity contribution in [1.82, 2.24) is 19.9 Å². The van der Waals surface area contributed by atoms with Crippen LogP contribution in [0.25, 0.3) is 11.5 Å². The van der Waals surface area contributed by atoms with E-state index in [2.05, 4.69) is 15.2 Å². The van der Waals surface area contributed by atoms with Gasteiger partial charge in [-0.15, -0.1) is 0 Å². The van der Waals surface area contributed by atoms with Gasteiger partial charge in [-0.25, -0.2) is 8.78 Å². The second kappa shape index (κ2) is 6.26. The smallest absolute Gasteiger partial charge is 0.334 e. The molecule has 10 heteroatoms. The van der Waals surface area contributed by atoms with Crippen LogP contribution < -0.4 is 0 Å². The number of alkyl halides is 3. The molecular weight excluding hydrogens is 347 g/mol. The molecule has 0 fully saturated rings. The van der Waals surface area contributed by atoms with Crippen LogP contribution in [0.1, 0.15) is 17.2 Å². The first-order chi connectivity index (χ1) is 11.8. The molecule has 2 heterocycles. The van der Waals surface area contributed by atoms with Crippen molar-refractivity contribution in [2.75, 3.05) is 0 Å². The normalized spacial score (nSPS) is 11.9. The standard InChI is InChI=1S/C15H11F5N4O/c1-8-7-11(15(18,19)20)24(22-8)6-5-12-21-14(25-23-12)9-3-2-4-10(16)13(9)17/h2-4,7H,5-6H2,1H3. The minimum Gasteiger partial charge on any atom is -0.334 e. The summed E-state index contributed by atoms with van der Waals surface area (Å²) in [5.41, 5.74) is -0.877. The Labute approximate surface area is 138 Å². The first kappa shape index (κ1) is 17.1. The number of halogens is 5. The molecule has 0 amide bonds. The molecule has 0 spiro atoms. The van der Waals surface area contributed by atoms with Gasteiger partial charge >= 0.3 is 6.18 Å². The Morgan fingerprint density at radius 1 is 1.20 bits per heavy atom. The molecule has 25 heavy (non-hydrogen) atoms. The lowest BCUT2D eigenvalue weighted by Gasteiger charge is -2.08. The molecule has 0 aliphatic heterocycles. The molecule has 0 unspecified atom stereocenters. The molecule has 3 aromatic rings. The van der Waals surface area contributed by atoms with E-state index < -0.39 is 23.5 Å². The fraction of sp³-hybridized carbons (Fsp3) is 0.267. The number of aryl methyl sites for hydroxylation is 3. The highest BCUT2D eigenvalue weighted by Crippen LogP contribution is 2.30. The Hall–Kier alpha value is -2.78. The maximum atomic E-state index is 13.7. The summed E-state index contributed by atoms with van der Waals surface area (Å²) in [6.45, 7) is 1.30. The fourth-order valence-corrected chi connectivity index (χ4v) is 2.28. The molecule has 0 radical (unpaired) electrons. The van der Waals surface area contributed by atoms with Crippen molar-refractivity contribution in [3.63, 3.8) is 0 Å². The zero-order chi connectivity index (χ0) is 18.2. The van der Waals surface area contributed by atoms with Gasteiger partial charge in [-0.1, -0.05) is 11.2 Å². The highest BCUT2D eigenvalue weighted by molar-refractivity contribution is 5.53. The summed E-state index contributed by atoms with van der Waals surface area (Å²) >= 11 is 0. The van der Waals surface area contributed by atoms with Gasteiger partial charge in [-0.3, -0.25) is 4.68 Å². The molecule has 0 atom stereocenters. The van der Waals surface area contributed by atoms with Crippen molar-refractivity contribution in [3.8, 4) is 11.5 Å². The number of aromatic nitrogens is 4. The van der Waals surface area contributed by atoms with Crippen LogP contribution in [0.5, 0.6) is 0 Å². The van der Waals surface area contributed by atoms with Gasteiger partial charge in [0.1, 0.15) is 5.69 Å². The molecule has 132 valence electrons. The summed E-state index contributed by atoms with van der Waals surface area (Å²) in [6, 6.07) is 4.41. The Kier molecular flexibility index (Phi) is 4.27. The summed E-state index contributed by atoms with van der Waals surface area (Å²) in [5, 5.41) is 7.36. The lowest BCUT2D eigenvalue weighted by molar-refractivity contribution is -0.144. The molecule has 2 aromatic heterocycles. The number of benzene rings is 1. The number of hydrogen-bond donors (Lipinski definition) is 0. The van der Waals surface area contributed by atoms with Gasteiger partial charge < -0.3 is 4.52 Å². The largest absolute Gasteiger partial charge is 0.433 e. The van der Waals surface area contributed by atoms with E-state index in [9.17, 15) is 22.0 Å². The van der Waals surface area contributed by atoms with E-state index in [1.165, 1.54) is 19.1 Å². The quantitative estimate of drug-likeness (QED) is 0.666. The van der Waals surface area contributed by atoms with Crippen LogP contribution in [0.3, 0.4) is 0 Å². The molecule has 0 aliphatic rings. The summed E-state index contributed by atoms with van der Waals surface area (Å²) in [4.78, 5) is 3.89. The molecule has 3 rings (SSSR count). The maximum absolute atomic E-state index is 13.7. The van der Waals surface area contributed by atoms with Crippen molar-refractivity contribution < 1.29 is 26.5 Å². The third-order valence-electron chi connectivity index (χ3n) is 3.39. The highest BCUT2D eigenvalue weighted by Gasteiger charge is 2.35. The topological polar surface area (TPSA) is 56.7 Å². The zero-order valence-corrected chi connectivity index (χ0v) is 12.8. The molecule has 0 aliphatic carbocycles. The van der Waals surface area contributed by atoms with Gasteiger partial charge in [0.05, 0.1) is 11.3 Å². The van der Waals surface area contributed by atoms with E-state index in [1.54, 1.807) is 0 Å². The fourth-order valence-electron chi connectivity index (χ4n) is 2.28. The number of hydrogen-bond acceptors (Lipinski definition) is 4. The first-order valence-corrected chi connectivity index (χ1v) is 7.14. The van der Waals surface area contributed by atoms with Crippen LogP contribution in [0, 0.1) is 18.6 Å². The molecule has 0 bridgehead atoms. The van der Waals surface area contributed by atoms with E-state index >= 15 is 0 Å². The number of nitrogens with zero attached hydrogens (tertiary/aromatic N) is 4. The molecular formula is C15H11F5N4O. The Balaban J connectivity index is 1.78. The monoisotopic (exact) mass is 358 g/mol. The molecule has 0 N–H and O–H groups in total. The van der Waals surface area contributed by atoms with Crippen molar-refractivity contribution in [2.45, 2.75) is 26.1 Å². The van der Waals surface area contributed by atoms with E-state index in [-0.39, 0.29) is 35.9 Å². The van der Waals surface area contributed by atoms with Crippen LogP contribution in [-0.4, -0.2) is 19.9 Å². The summed E-state index contributed by atoms with van der Waals surface area (Å²) < 4.78 is 71.3. The van der Waals surface area contributed by atoms with Crippen molar-refractivity contribution in [3.05, 3.63) is 53.1 Å². The van der Waals surface area contributed by atoms with E-state index in [0.29, 0.717) is 0 Å². The van der Waals surface area contributed by atoms with Crippen molar-refractivity contribution in [1.29, 1.82) is 0 Å². The first-order valence-electron chi connectivity index (χ1n) is 7.14. The molecule has 5 nitrogen and oxygen atoms in total. The van der Waals surface area contributed by atoms with Crippen molar-refractivity contribution in [2.24, 2.45) is 0 Å². The zero-order valence-electron chi connectivity index (χ0n) is 12.8. The molecule has 1 aromatic carbocycles. The Morgan fingerprint density at radius 2 is 1.96 bits per heavy atom. The van der Waals surface area contributed by atoms with Gasteiger partial charge in [0.25, 0.3) is 5.89 Å². The average molecular weight is 358 g/mol. The second-order valence-electron chi connectivity index (χ2n) is 5.26. The molecule has 0 saturated heterocycles. The van der Waals surface area contributed by atoms with Crippen LogP contribution in [0.2, 0.25) is 0 Å². The average Bonchev–Trinajstić information content (AvgIpc) is 3.14. The minimum atomic E-state index is -4.53. The van der Waals surface area contributed by atoms with E-state index in [0.717, 1.165) is 16.8 Å². The summed E-state index contributed by atoms with van der Waals surface area (Å²) in [5.74, 6) is -2.40. The highest BCUT2D eigenvalue weighted by atomic mass is 19.4. The van der Waals surface area contributed by atoms with E-state index in [4.69, 9.17) is 4.52 Å². The summed E-state index contributed by atoms with van der Waals surface area (Å²) in [6.07, 6.45) is -4.56. The third-order valence-corrected chi connectivity index (χ3v) is 3.39. The van der Waals surface area contributed by atoms with Crippen LogP contribution >= 0.6 is 0 Å². The maximum Gasteiger partial charge on any atom is 0.433 e. The van der Waals surface area contributed by atoms with Gasteiger partial charge in [0.2, 0.25) is 0 Å². The van der Waals surface area contributed by atoms with Gasteiger partial charge in [0, 0.05) is 13.0 Å². The van der Waals surface area contributed by atoms with Gasteiger partial charge in [-0.2, -0.15) is 23.3 Å². The van der Waals surface area contributed by atoms with Crippen molar-refractivity contribution >= 4 is 0 Å². The summed E-state index contributed by atoms with van der Waals surface area (Å²) in [7, 11) is 0. The van der Waals surface area contributed by atoms with Crippen LogP contribution in [0.4, 0.5) is 22.0 Å². The van der Waals surface area contributed by atoms with Gasteiger partial charge in [-0.05, 0) is 25.1 Å². The number of rotatable bonds is 4. The Morgan fingerprint density at radius 3 is 2.68 bits per heavy atom. The van der Waals surface area contributed by atoms with E-state index in [1.807, 2.05) is 0 Å². The Bertz CT molecular complexity index is 900. The SMILES string of the molecule is Cc1cc(C(F)(F)F)n(CCc2noc(-c3cccc(F)c3F)n2)n1. The second-order valence-corrected chi connectivity index (χ2v) is 5.26. The van der Waals surface area contributed by atoms with Crippen LogP contribution in [-0.2, 0) is 19.1 Å². The van der Waals surface area contributed by atoms with Crippen LogP contribution in [0.15, 0.2) is 28.8 Å². The van der Waals surface area contributed by atoms with Gasteiger partial charge in [0.15, 0.2) is 17.5 Å². The minimum absolute atomic E-state index is 0.0232. The lowest BCUT2D eigenvalue weighted by Crippen LogP contribution is -2.16.